The maximum atomic E-state index is 11.9. The second-order valence-corrected chi connectivity index (χ2v) is 3.91. The zero-order valence-electron chi connectivity index (χ0n) is 8.88. The summed E-state index contributed by atoms with van der Waals surface area (Å²) in [6.45, 7) is 0.355. The van der Waals surface area contributed by atoms with Crippen LogP contribution in [0.2, 0.25) is 0 Å². The van der Waals surface area contributed by atoms with Gasteiger partial charge < -0.3 is 14.2 Å². The van der Waals surface area contributed by atoms with Crippen LogP contribution in [0.25, 0.3) is 0 Å². The van der Waals surface area contributed by atoms with E-state index in [2.05, 4.69) is 25.4 Å². The lowest BCUT2D eigenvalue weighted by Crippen LogP contribution is -2.17. The fourth-order valence-corrected chi connectivity index (χ4v) is 1.55. The Hall–Kier alpha value is -0.790. The molecule has 0 bridgehead atoms. The van der Waals surface area contributed by atoms with Gasteiger partial charge in [0.1, 0.15) is 12.5 Å². The molecule has 7 heteroatoms. The van der Waals surface area contributed by atoms with Crippen LogP contribution in [0.15, 0.2) is 22.7 Å². The van der Waals surface area contributed by atoms with Crippen molar-refractivity contribution < 1.29 is 27.4 Å². The van der Waals surface area contributed by atoms with E-state index in [1.807, 2.05) is 0 Å². The van der Waals surface area contributed by atoms with Crippen LogP contribution < -0.4 is 4.74 Å². The van der Waals surface area contributed by atoms with Gasteiger partial charge in [0.05, 0.1) is 6.61 Å². The summed E-state index contributed by atoms with van der Waals surface area (Å²) in [6.07, 6.45) is -4.69. The summed E-state index contributed by atoms with van der Waals surface area (Å²) < 4.78 is 49.8. The van der Waals surface area contributed by atoms with E-state index in [9.17, 15) is 13.2 Å². The molecule has 0 aliphatic carbocycles. The van der Waals surface area contributed by atoms with Crippen LogP contribution in [0.1, 0.15) is 5.56 Å². The molecule has 0 radical (unpaired) electrons. The van der Waals surface area contributed by atoms with Gasteiger partial charge in [-0.15, -0.1) is 13.2 Å². The minimum Gasteiger partial charge on any atom is -0.406 e. The predicted octanol–water partition coefficient (Wildman–Crippen LogP) is 3.47. The maximum absolute atomic E-state index is 11.9. The van der Waals surface area contributed by atoms with Crippen molar-refractivity contribution in [2.24, 2.45) is 0 Å². The number of hydrogen-bond acceptors (Lipinski definition) is 3. The van der Waals surface area contributed by atoms with E-state index in [4.69, 9.17) is 4.74 Å². The molecule has 1 rings (SSSR count). The van der Waals surface area contributed by atoms with Gasteiger partial charge in [-0.25, -0.2) is 0 Å². The molecule has 0 unspecified atom stereocenters. The molecule has 0 spiro atoms. The minimum atomic E-state index is -4.69. The number of benzene rings is 1. The minimum absolute atomic E-state index is 0.118. The van der Waals surface area contributed by atoms with Crippen molar-refractivity contribution in [3.63, 3.8) is 0 Å². The van der Waals surface area contributed by atoms with E-state index in [0.717, 1.165) is 0 Å². The Labute approximate surface area is 105 Å². The summed E-state index contributed by atoms with van der Waals surface area (Å²) in [5.74, 6) is -0.278. The van der Waals surface area contributed by atoms with Gasteiger partial charge in [0.15, 0.2) is 0 Å². The molecule has 0 heterocycles. The van der Waals surface area contributed by atoms with E-state index in [1.54, 1.807) is 0 Å². The first-order valence-corrected chi connectivity index (χ1v) is 5.32. The first kappa shape index (κ1) is 14.3. The van der Waals surface area contributed by atoms with Crippen molar-refractivity contribution in [2.45, 2.75) is 13.0 Å². The Bertz CT molecular complexity index is 368. The number of methoxy groups -OCH3 is 1. The molecule has 0 fully saturated rings. The lowest BCUT2D eigenvalue weighted by molar-refractivity contribution is -0.274. The van der Waals surface area contributed by atoms with Gasteiger partial charge in [0, 0.05) is 11.6 Å². The number of ether oxygens (including phenoxy) is 3. The van der Waals surface area contributed by atoms with E-state index < -0.39 is 6.36 Å². The summed E-state index contributed by atoms with van der Waals surface area (Å²) in [5.41, 5.74) is 0.705. The average molecular weight is 315 g/mol. The van der Waals surface area contributed by atoms with Gasteiger partial charge >= 0.3 is 6.36 Å². The average Bonchev–Trinajstić information content (AvgIpc) is 2.19. The van der Waals surface area contributed by atoms with Crippen LogP contribution in [0.3, 0.4) is 0 Å². The SMILES string of the molecule is COCOCc1ccc(OC(F)(F)F)cc1Br. The summed E-state index contributed by atoms with van der Waals surface area (Å²) in [5, 5.41) is 0. The normalized spacial score (nSPS) is 11.6. The lowest BCUT2D eigenvalue weighted by Gasteiger charge is -2.11. The number of halogens is 4. The van der Waals surface area contributed by atoms with Crippen molar-refractivity contribution >= 4 is 15.9 Å². The van der Waals surface area contributed by atoms with E-state index in [0.29, 0.717) is 10.0 Å². The maximum Gasteiger partial charge on any atom is 0.573 e. The number of rotatable bonds is 5. The molecule has 0 saturated carbocycles. The molecule has 0 saturated heterocycles. The zero-order chi connectivity index (χ0) is 12.9. The topological polar surface area (TPSA) is 27.7 Å². The molecule has 0 aliphatic heterocycles. The van der Waals surface area contributed by atoms with Crippen molar-refractivity contribution in [3.8, 4) is 5.75 Å². The highest BCUT2D eigenvalue weighted by atomic mass is 79.9. The highest BCUT2D eigenvalue weighted by Crippen LogP contribution is 2.28. The van der Waals surface area contributed by atoms with Gasteiger partial charge in [0.2, 0.25) is 0 Å². The second kappa shape index (κ2) is 6.23. The molecular weight excluding hydrogens is 305 g/mol. The van der Waals surface area contributed by atoms with Crippen LogP contribution in [-0.4, -0.2) is 20.3 Å². The molecule has 3 nitrogen and oxygen atoms in total. The van der Waals surface area contributed by atoms with Crippen molar-refractivity contribution in [3.05, 3.63) is 28.2 Å². The fraction of sp³-hybridized carbons (Fsp3) is 0.400. The number of alkyl halides is 3. The molecular formula is C10H10BrF3O3. The quantitative estimate of drug-likeness (QED) is 0.615. The fourth-order valence-electron chi connectivity index (χ4n) is 1.08. The Kier molecular flexibility index (Phi) is 5.23. The molecule has 0 aliphatic rings. The van der Waals surface area contributed by atoms with E-state index >= 15 is 0 Å². The first-order valence-electron chi connectivity index (χ1n) is 4.53. The first-order chi connectivity index (χ1) is 7.92. The van der Waals surface area contributed by atoms with Crippen molar-refractivity contribution in [2.75, 3.05) is 13.9 Å². The standard InChI is InChI=1S/C10H10BrF3O3/c1-15-6-16-5-7-2-3-8(4-9(7)11)17-10(12,13)14/h2-4H,5-6H2,1H3. The Morgan fingerprint density at radius 2 is 2.00 bits per heavy atom. The Morgan fingerprint density at radius 1 is 1.29 bits per heavy atom. The molecule has 0 N–H and O–H groups in total. The molecule has 17 heavy (non-hydrogen) atoms. The summed E-state index contributed by atoms with van der Waals surface area (Å²) in [6, 6.07) is 3.95. The van der Waals surface area contributed by atoms with Gasteiger partial charge in [0.25, 0.3) is 0 Å². The zero-order valence-corrected chi connectivity index (χ0v) is 10.5. The number of hydrogen-bond donors (Lipinski definition) is 0. The summed E-state index contributed by atoms with van der Waals surface area (Å²) in [4.78, 5) is 0. The highest BCUT2D eigenvalue weighted by molar-refractivity contribution is 9.10. The van der Waals surface area contributed by atoms with Crippen molar-refractivity contribution in [1.82, 2.24) is 0 Å². The second-order valence-electron chi connectivity index (χ2n) is 3.06. The Balaban J connectivity index is 2.66. The van der Waals surface area contributed by atoms with Gasteiger partial charge in [-0.1, -0.05) is 22.0 Å². The Morgan fingerprint density at radius 3 is 2.53 bits per heavy atom. The molecule has 1 aromatic carbocycles. The predicted molar refractivity (Wildman–Crippen MR) is 57.5 cm³/mol. The van der Waals surface area contributed by atoms with E-state index in [-0.39, 0.29) is 19.1 Å². The van der Waals surface area contributed by atoms with Crippen LogP contribution in [-0.2, 0) is 16.1 Å². The van der Waals surface area contributed by atoms with Crippen molar-refractivity contribution in [1.29, 1.82) is 0 Å². The summed E-state index contributed by atoms with van der Waals surface area (Å²) >= 11 is 3.14. The largest absolute Gasteiger partial charge is 0.573 e. The van der Waals surface area contributed by atoms with E-state index in [1.165, 1.54) is 25.3 Å². The molecule has 0 amide bonds. The van der Waals surface area contributed by atoms with Gasteiger partial charge in [-0.2, -0.15) is 0 Å². The van der Waals surface area contributed by atoms with Gasteiger partial charge in [-0.3, -0.25) is 0 Å². The lowest BCUT2D eigenvalue weighted by atomic mass is 10.2. The monoisotopic (exact) mass is 314 g/mol. The molecule has 0 atom stereocenters. The summed E-state index contributed by atoms with van der Waals surface area (Å²) in [7, 11) is 1.48. The highest BCUT2D eigenvalue weighted by Gasteiger charge is 2.31. The third-order valence-electron chi connectivity index (χ3n) is 1.72. The van der Waals surface area contributed by atoms with Crippen LogP contribution in [0.5, 0.6) is 5.75 Å². The van der Waals surface area contributed by atoms with Gasteiger partial charge in [-0.05, 0) is 17.7 Å². The third kappa shape index (κ3) is 5.38. The van der Waals surface area contributed by atoms with Crippen LogP contribution in [0.4, 0.5) is 13.2 Å². The smallest absolute Gasteiger partial charge is 0.406 e. The van der Waals surface area contributed by atoms with Crippen LogP contribution >= 0.6 is 15.9 Å². The molecule has 1 aromatic rings. The molecule has 0 aromatic heterocycles. The third-order valence-corrected chi connectivity index (χ3v) is 2.46. The van der Waals surface area contributed by atoms with Crippen LogP contribution in [0, 0.1) is 0 Å². The molecule has 96 valence electrons.